The maximum atomic E-state index is 12.5. The molecule has 0 saturated heterocycles. The Morgan fingerprint density at radius 2 is 1.83 bits per heavy atom. The highest BCUT2D eigenvalue weighted by molar-refractivity contribution is 7.80. The molecule has 1 heterocycles. The number of ether oxygens (including phenoxy) is 1. The van der Waals surface area contributed by atoms with E-state index in [1.165, 1.54) is 38.2 Å². The number of benzene rings is 2. The van der Waals surface area contributed by atoms with Crippen LogP contribution in [0.2, 0.25) is 0 Å². The molecule has 3 aromatic rings. The summed E-state index contributed by atoms with van der Waals surface area (Å²) < 4.78 is 11.1. The van der Waals surface area contributed by atoms with E-state index in [0.29, 0.717) is 33.6 Å². The van der Waals surface area contributed by atoms with E-state index in [9.17, 15) is 4.79 Å². The van der Waals surface area contributed by atoms with Crippen LogP contribution in [0.4, 0.5) is 5.69 Å². The van der Waals surface area contributed by atoms with Crippen LogP contribution in [-0.2, 0) is 0 Å². The third-order valence-corrected chi connectivity index (χ3v) is 5.52. The van der Waals surface area contributed by atoms with Crippen LogP contribution in [0.25, 0.3) is 22.3 Å². The van der Waals surface area contributed by atoms with Crippen molar-refractivity contribution in [1.29, 1.82) is 0 Å². The first-order valence-corrected chi connectivity index (χ1v) is 10.3. The molecule has 1 saturated carbocycles. The molecule has 5 nitrogen and oxygen atoms in total. The van der Waals surface area contributed by atoms with E-state index < -0.39 is 0 Å². The van der Waals surface area contributed by atoms with Crippen LogP contribution >= 0.6 is 12.2 Å². The van der Waals surface area contributed by atoms with Crippen molar-refractivity contribution in [2.75, 3.05) is 12.4 Å². The second-order valence-corrected chi connectivity index (χ2v) is 7.76. The van der Waals surface area contributed by atoms with Gasteiger partial charge in [0, 0.05) is 23.4 Å². The predicted molar refractivity (Wildman–Crippen MR) is 121 cm³/mol. The summed E-state index contributed by atoms with van der Waals surface area (Å²) in [5.41, 5.74) is 2.17. The lowest BCUT2D eigenvalue weighted by Crippen LogP contribution is -2.38. The fourth-order valence-corrected chi connectivity index (χ4v) is 4.01. The minimum absolute atomic E-state index is 0.0970. The summed E-state index contributed by atoms with van der Waals surface area (Å²) in [5.74, 6) is 1.16. The zero-order chi connectivity index (χ0) is 20.2. The Bertz CT molecular complexity index is 1070. The average Bonchev–Trinajstić information content (AvgIpc) is 2.74. The van der Waals surface area contributed by atoms with E-state index in [1.807, 2.05) is 24.3 Å². The number of thiocarbonyl (C=S) groups is 1. The molecule has 0 unspecified atom stereocenters. The summed E-state index contributed by atoms with van der Waals surface area (Å²) in [6.07, 6.45) is 6.19. The van der Waals surface area contributed by atoms with Crippen LogP contribution in [-0.4, -0.2) is 18.3 Å². The van der Waals surface area contributed by atoms with Gasteiger partial charge in [-0.2, -0.15) is 0 Å². The van der Waals surface area contributed by atoms with E-state index in [4.69, 9.17) is 21.4 Å². The average molecular weight is 409 g/mol. The number of hydrogen-bond acceptors (Lipinski definition) is 4. The van der Waals surface area contributed by atoms with E-state index >= 15 is 0 Å². The lowest BCUT2D eigenvalue weighted by Gasteiger charge is -2.24. The summed E-state index contributed by atoms with van der Waals surface area (Å²) in [6.45, 7) is 0. The SMILES string of the molecule is COc1ccc2oc(-c3ccc(NC(=S)NC4CCCCC4)cc3)cc(=O)c2c1. The van der Waals surface area contributed by atoms with Gasteiger partial charge in [-0.25, -0.2) is 0 Å². The van der Waals surface area contributed by atoms with Crippen LogP contribution in [0.3, 0.4) is 0 Å². The molecule has 2 N–H and O–H groups in total. The molecule has 0 radical (unpaired) electrons. The van der Waals surface area contributed by atoms with Crippen LogP contribution in [0.1, 0.15) is 32.1 Å². The Morgan fingerprint density at radius 3 is 2.55 bits per heavy atom. The standard InChI is InChI=1S/C23H24N2O3S/c1-27-18-11-12-21-19(13-18)20(26)14-22(28-21)15-7-9-17(10-8-15)25-23(29)24-16-5-3-2-4-6-16/h7-14,16H,2-6H2,1H3,(H2,24,25,29). The number of methoxy groups -OCH3 is 1. The third-order valence-electron chi connectivity index (χ3n) is 5.30. The Morgan fingerprint density at radius 1 is 1.07 bits per heavy atom. The van der Waals surface area contributed by atoms with Gasteiger partial charge in [-0.05, 0) is 67.5 Å². The molecule has 1 aromatic heterocycles. The fourth-order valence-electron chi connectivity index (χ4n) is 3.72. The Labute approximate surface area is 175 Å². The van der Waals surface area contributed by atoms with Gasteiger partial charge >= 0.3 is 0 Å². The Kier molecular flexibility index (Phi) is 5.81. The lowest BCUT2D eigenvalue weighted by molar-refractivity contribution is 0.415. The van der Waals surface area contributed by atoms with E-state index in [-0.39, 0.29) is 5.43 Å². The number of fused-ring (bicyclic) bond motifs is 1. The van der Waals surface area contributed by atoms with E-state index in [2.05, 4.69) is 10.6 Å². The second-order valence-electron chi connectivity index (χ2n) is 7.35. The van der Waals surface area contributed by atoms with Crippen molar-refractivity contribution < 1.29 is 9.15 Å². The smallest absolute Gasteiger partial charge is 0.193 e. The van der Waals surface area contributed by atoms with Crippen LogP contribution < -0.4 is 20.8 Å². The van der Waals surface area contributed by atoms with Crippen molar-refractivity contribution in [3.05, 3.63) is 58.8 Å². The van der Waals surface area contributed by atoms with E-state index in [1.54, 1.807) is 25.3 Å². The largest absolute Gasteiger partial charge is 0.497 e. The second kappa shape index (κ2) is 8.66. The zero-order valence-electron chi connectivity index (χ0n) is 16.4. The summed E-state index contributed by atoms with van der Waals surface area (Å²) in [5, 5.41) is 7.79. The van der Waals surface area contributed by atoms with Crippen molar-refractivity contribution in [3.63, 3.8) is 0 Å². The van der Waals surface area contributed by atoms with Gasteiger partial charge in [-0.1, -0.05) is 19.3 Å². The van der Waals surface area contributed by atoms with Gasteiger partial charge in [0.1, 0.15) is 17.1 Å². The number of rotatable bonds is 4. The Balaban J connectivity index is 1.48. The van der Waals surface area contributed by atoms with Crippen molar-refractivity contribution in [2.24, 2.45) is 0 Å². The molecule has 0 aliphatic heterocycles. The minimum Gasteiger partial charge on any atom is -0.497 e. The first-order chi connectivity index (χ1) is 14.1. The Hall–Kier alpha value is -2.86. The number of hydrogen-bond donors (Lipinski definition) is 2. The molecule has 1 aliphatic carbocycles. The van der Waals surface area contributed by atoms with Crippen LogP contribution in [0.15, 0.2) is 57.7 Å². The molecule has 1 fully saturated rings. The lowest BCUT2D eigenvalue weighted by atomic mass is 9.96. The molecule has 0 spiro atoms. The maximum absolute atomic E-state index is 12.5. The van der Waals surface area contributed by atoms with Crippen molar-refractivity contribution >= 4 is 34.0 Å². The molecule has 4 rings (SSSR count). The highest BCUT2D eigenvalue weighted by Gasteiger charge is 2.14. The summed E-state index contributed by atoms with van der Waals surface area (Å²) in [6, 6.07) is 14.9. The molecule has 2 aromatic carbocycles. The van der Waals surface area contributed by atoms with Gasteiger partial charge in [0.15, 0.2) is 10.5 Å². The van der Waals surface area contributed by atoms with Crippen molar-refractivity contribution in [2.45, 2.75) is 38.1 Å². The maximum Gasteiger partial charge on any atom is 0.193 e. The van der Waals surface area contributed by atoms with Gasteiger partial charge in [0.05, 0.1) is 12.5 Å². The van der Waals surface area contributed by atoms with Crippen LogP contribution in [0.5, 0.6) is 5.75 Å². The van der Waals surface area contributed by atoms with Crippen LogP contribution in [0, 0.1) is 0 Å². The first kappa shape index (κ1) is 19.5. The molecular weight excluding hydrogens is 384 g/mol. The van der Waals surface area contributed by atoms with Gasteiger partial charge < -0.3 is 19.8 Å². The predicted octanol–water partition coefficient (Wildman–Crippen LogP) is 5.09. The molecule has 1 aliphatic rings. The molecule has 0 atom stereocenters. The minimum atomic E-state index is -0.0970. The summed E-state index contributed by atoms with van der Waals surface area (Å²) in [4.78, 5) is 12.5. The van der Waals surface area contributed by atoms with Gasteiger partial charge in [0.25, 0.3) is 0 Å². The fraction of sp³-hybridized carbons (Fsp3) is 0.304. The van der Waals surface area contributed by atoms with Gasteiger partial charge in [-0.15, -0.1) is 0 Å². The van der Waals surface area contributed by atoms with Crippen molar-refractivity contribution in [1.82, 2.24) is 5.32 Å². The zero-order valence-corrected chi connectivity index (χ0v) is 17.2. The normalized spacial score (nSPS) is 14.5. The summed E-state index contributed by atoms with van der Waals surface area (Å²) >= 11 is 5.44. The molecule has 6 heteroatoms. The molecule has 0 bridgehead atoms. The topological polar surface area (TPSA) is 63.5 Å². The number of anilines is 1. The van der Waals surface area contributed by atoms with Gasteiger partial charge in [-0.3, -0.25) is 4.79 Å². The third kappa shape index (κ3) is 4.59. The first-order valence-electron chi connectivity index (χ1n) is 9.92. The molecule has 0 amide bonds. The molecular formula is C23H24N2O3S. The number of nitrogens with one attached hydrogen (secondary N) is 2. The quantitative estimate of drug-likeness (QED) is 0.587. The highest BCUT2D eigenvalue weighted by Crippen LogP contribution is 2.25. The molecule has 150 valence electrons. The monoisotopic (exact) mass is 408 g/mol. The van der Waals surface area contributed by atoms with Crippen molar-refractivity contribution in [3.8, 4) is 17.1 Å². The van der Waals surface area contributed by atoms with E-state index in [0.717, 1.165) is 11.3 Å². The molecule has 29 heavy (non-hydrogen) atoms. The highest BCUT2D eigenvalue weighted by atomic mass is 32.1. The van der Waals surface area contributed by atoms with Gasteiger partial charge in [0.2, 0.25) is 0 Å². The summed E-state index contributed by atoms with van der Waals surface area (Å²) in [7, 11) is 1.57.